The summed E-state index contributed by atoms with van der Waals surface area (Å²) >= 11 is 2.22. The zero-order valence-corrected chi connectivity index (χ0v) is 9.77. The Labute approximate surface area is 96.4 Å². The Morgan fingerprint density at radius 3 is 2.50 bits per heavy atom. The van der Waals surface area contributed by atoms with Gasteiger partial charge in [-0.05, 0) is 46.7 Å². The molecule has 0 spiro atoms. The first-order valence-corrected chi connectivity index (χ1v) is 5.37. The fourth-order valence-corrected chi connectivity index (χ4v) is 1.58. The van der Waals surface area contributed by atoms with E-state index in [1.807, 2.05) is 24.3 Å². The molecule has 0 fully saturated rings. The highest BCUT2D eigenvalue weighted by Crippen LogP contribution is 2.09. The van der Waals surface area contributed by atoms with Gasteiger partial charge in [-0.25, -0.2) is 0 Å². The fourth-order valence-electron chi connectivity index (χ4n) is 1.22. The van der Waals surface area contributed by atoms with Gasteiger partial charge in [-0.3, -0.25) is 4.79 Å². The molecule has 3 nitrogen and oxygen atoms in total. The molecule has 0 amide bonds. The third-order valence-electron chi connectivity index (χ3n) is 1.85. The number of nitrogens with two attached hydrogens (primary N) is 1. The highest BCUT2D eigenvalue weighted by atomic mass is 127. The van der Waals surface area contributed by atoms with Crippen molar-refractivity contribution in [2.24, 2.45) is 5.73 Å². The molecular formula is C10H12INO2. The van der Waals surface area contributed by atoms with Crippen molar-refractivity contribution in [3.8, 4) is 0 Å². The smallest absolute Gasteiger partial charge is 0.304 e. The molecule has 0 aliphatic rings. The van der Waals surface area contributed by atoms with Gasteiger partial charge in [-0.1, -0.05) is 12.1 Å². The van der Waals surface area contributed by atoms with Crippen molar-refractivity contribution in [1.82, 2.24) is 0 Å². The molecule has 0 aromatic heterocycles. The number of carboxylic acids is 1. The maximum absolute atomic E-state index is 10.4. The van der Waals surface area contributed by atoms with Gasteiger partial charge >= 0.3 is 5.97 Å². The topological polar surface area (TPSA) is 63.3 Å². The number of rotatable bonds is 4. The van der Waals surface area contributed by atoms with Crippen LogP contribution in [0.1, 0.15) is 12.0 Å². The third kappa shape index (κ3) is 4.06. The summed E-state index contributed by atoms with van der Waals surface area (Å²) in [5, 5.41) is 8.52. The van der Waals surface area contributed by atoms with Gasteiger partial charge in [0.15, 0.2) is 0 Å². The van der Waals surface area contributed by atoms with Crippen LogP contribution in [0, 0.1) is 3.57 Å². The molecule has 1 atom stereocenters. The van der Waals surface area contributed by atoms with Gasteiger partial charge in [0, 0.05) is 9.61 Å². The van der Waals surface area contributed by atoms with Gasteiger partial charge in [0.05, 0.1) is 6.42 Å². The van der Waals surface area contributed by atoms with Crippen molar-refractivity contribution in [2.75, 3.05) is 0 Å². The van der Waals surface area contributed by atoms with Gasteiger partial charge < -0.3 is 10.8 Å². The molecule has 1 aromatic rings. The van der Waals surface area contributed by atoms with Crippen LogP contribution in [0.5, 0.6) is 0 Å². The van der Waals surface area contributed by atoms with Crippen LogP contribution in [0.25, 0.3) is 0 Å². The predicted molar refractivity (Wildman–Crippen MR) is 63.1 cm³/mol. The first-order valence-electron chi connectivity index (χ1n) is 4.30. The Morgan fingerprint density at radius 1 is 1.43 bits per heavy atom. The Bertz CT molecular complexity index is 310. The van der Waals surface area contributed by atoms with Crippen LogP contribution in [-0.4, -0.2) is 17.1 Å². The summed E-state index contributed by atoms with van der Waals surface area (Å²) in [7, 11) is 0. The van der Waals surface area contributed by atoms with Gasteiger partial charge in [0.1, 0.15) is 0 Å². The van der Waals surface area contributed by atoms with Crippen molar-refractivity contribution in [1.29, 1.82) is 0 Å². The van der Waals surface area contributed by atoms with Gasteiger partial charge in [0.2, 0.25) is 0 Å². The van der Waals surface area contributed by atoms with E-state index in [1.54, 1.807) is 0 Å². The quantitative estimate of drug-likeness (QED) is 0.831. The monoisotopic (exact) mass is 305 g/mol. The van der Waals surface area contributed by atoms with Crippen molar-refractivity contribution in [3.05, 3.63) is 33.4 Å². The van der Waals surface area contributed by atoms with Crippen LogP contribution >= 0.6 is 22.6 Å². The van der Waals surface area contributed by atoms with E-state index in [4.69, 9.17) is 10.8 Å². The first-order chi connectivity index (χ1) is 6.58. The van der Waals surface area contributed by atoms with Crippen molar-refractivity contribution >= 4 is 28.6 Å². The van der Waals surface area contributed by atoms with Gasteiger partial charge in [-0.2, -0.15) is 0 Å². The summed E-state index contributed by atoms with van der Waals surface area (Å²) in [6.45, 7) is 0. The molecule has 14 heavy (non-hydrogen) atoms. The van der Waals surface area contributed by atoms with E-state index in [1.165, 1.54) is 0 Å². The summed E-state index contributed by atoms with van der Waals surface area (Å²) in [5.74, 6) is -0.844. The largest absolute Gasteiger partial charge is 0.481 e. The zero-order valence-electron chi connectivity index (χ0n) is 7.61. The van der Waals surface area contributed by atoms with Crippen LogP contribution in [0.2, 0.25) is 0 Å². The molecule has 1 aromatic carbocycles. The Kier molecular flexibility index (Phi) is 4.34. The molecule has 0 aliphatic heterocycles. The van der Waals surface area contributed by atoms with Crippen LogP contribution in [0.15, 0.2) is 24.3 Å². The molecule has 4 heteroatoms. The summed E-state index contributed by atoms with van der Waals surface area (Å²) in [6, 6.07) is 7.63. The van der Waals surface area contributed by atoms with E-state index in [0.29, 0.717) is 6.42 Å². The maximum Gasteiger partial charge on any atom is 0.304 e. The molecule has 0 saturated carbocycles. The minimum absolute atomic E-state index is 0.0198. The number of carboxylic acid groups (broad SMARTS) is 1. The van der Waals surface area contributed by atoms with E-state index in [0.717, 1.165) is 9.13 Å². The second-order valence-electron chi connectivity index (χ2n) is 3.19. The lowest BCUT2D eigenvalue weighted by molar-refractivity contribution is -0.137. The molecule has 76 valence electrons. The average molecular weight is 305 g/mol. The van der Waals surface area contributed by atoms with E-state index in [2.05, 4.69) is 22.6 Å². The Balaban J connectivity index is 2.51. The van der Waals surface area contributed by atoms with Crippen molar-refractivity contribution in [2.45, 2.75) is 18.9 Å². The maximum atomic E-state index is 10.4. The van der Waals surface area contributed by atoms with E-state index in [-0.39, 0.29) is 12.5 Å². The minimum atomic E-state index is -0.844. The van der Waals surface area contributed by atoms with Crippen LogP contribution in [0.3, 0.4) is 0 Å². The number of halogens is 1. The molecule has 0 unspecified atom stereocenters. The second-order valence-corrected chi connectivity index (χ2v) is 4.43. The lowest BCUT2D eigenvalue weighted by atomic mass is 10.0. The number of hydrogen-bond acceptors (Lipinski definition) is 2. The standard InChI is InChI=1S/C10H12INO2/c11-8-3-1-7(2-4-8)5-9(12)6-10(13)14/h1-4,9H,5-6,12H2,(H,13,14)/t9-/m1/s1. The fraction of sp³-hybridized carbons (Fsp3) is 0.300. The summed E-state index contributed by atoms with van der Waals surface area (Å²) in [6.07, 6.45) is 0.634. The number of aliphatic carboxylic acids is 1. The van der Waals surface area contributed by atoms with E-state index in [9.17, 15) is 4.79 Å². The Morgan fingerprint density at radius 2 is 2.00 bits per heavy atom. The van der Waals surface area contributed by atoms with Crippen LogP contribution in [0.4, 0.5) is 0 Å². The number of carbonyl (C=O) groups is 1. The SMILES string of the molecule is N[C@@H](CC(=O)O)Cc1ccc(I)cc1. The molecule has 0 aliphatic carbocycles. The lowest BCUT2D eigenvalue weighted by Gasteiger charge is -2.08. The molecule has 0 radical (unpaired) electrons. The lowest BCUT2D eigenvalue weighted by Crippen LogP contribution is -2.26. The number of benzene rings is 1. The first kappa shape index (κ1) is 11.5. The molecule has 0 bridgehead atoms. The average Bonchev–Trinajstić information content (AvgIpc) is 2.07. The molecule has 0 heterocycles. The second kappa shape index (κ2) is 5.31. The Hall–Kier alpha value is -0.620. The molecular weight excluding hydrogens is 293 g/mol. The summed E-state index contributed by atoms with van der Waals surface area (Å²) < 4.78 is 1.16. The molecule has 1 rings (SSSR count). The number of hydrogen-bond donors (Lipinski definition) is 2. The predicted octanol–water partition coefficient (Wildman–Crippen LogP) is 1.64. The van der Waals surface area contributed by atoms with Gasteiger partial charge in [-0.15, -0.1) is 0 Å². The third-order valence-corrected chi connectivity index (χ3v) is 2.57. The van der Waals surface area contributed by atoms with Crippen molar-refractivity contribution in [3.63, 3.8) is 0 Å². The molecule has 3 N–H and O–H groups in total. The van der Waals surface area contributed by atoms with E-state index >= 15 is 0 Å². The van der Waals surface area contributed by atoms with Crippen molar-refractivity contribution < 1.29 is 9.90 Å². The normalized spacial score (nSPS) is 12.4. The minimum Gasteiger partial charge on any atom is -0.481 e. The highest BCUT2D eigenvalue weighted by molar-refractivity contribution is 14.1. The zero-order chi connectivity index (χ0) is 10.6. The summed E-state index contributed by atoms with van der Waals surface area (Å²) in [5.41, 5.74) is 6.74. The van der Waals surface area contributed by atoms with E-state index < -0.39 is 5.97 Å². The van der Waals surface area contributed by atoms with Crippen LogP contribution < -0.4 is 5.73 Å². The van der Waals surface area contributed by atoms with Crippen LogP contribution in [-0.2, 0) is 11.2 Å². The highest BCUT2D eigenvalue weighted by Gasteiger charge is 2.08. The summed E-state index contributed by atoms with van der Waals surface area (Å²) in [4.78, 5) is 10.4. The van der Waals surface area contributed by atoms with Gasteiger partial charge in [0.25, 0.3) is 0 Å². The molecule has 0 saturated heterocycles.